The molecule has 0 atom stereocenters. The van der Waals surface area contributed by atoms with E-state index in [1.165, 1.54) is 29.2 Å². The van der Waals surface area contributed by atoms with E-state index in [9.17, 15) is 0 Å². The summed E-state index contributed by atoms with van der Waals surface area (Å²) < 4.78 is 0. The van der Waals surface area contributed by atoms with Crippen LogP contribution in [0.25, 0.3) is 10.8 Å². The molecule has 0 saturated carbocycles. The highest BCUT2D eigenvalue weighted by Gasteiger charge is 1.96. The Kier molecular flexibility index (Phi) is 3.98. The molecule has 0 spiro atoms. The zero-order valence-electron chi connectivity index (χ0n) is 9.65. The van der Waals surface area contributed by atoms with E-state index in [1.54, 1.807) is 0 Å². The van der Waals surface area contributed by atoms with Crippen LogP contribution in [0, 0.1) is 13.3 Å². The van der Waals surface area contributed by atoms with Crippen LogP contribution in [0.3, 0.4) is 0 Å². The predicted octanol–water partition coefficient (Wildman–Crippen LogP) is 4.79. The smallest absolute Gasteiger partial charge is 0.00929 e. The molecule has 0 heterocycles. The second-order valence-electron chi connectivity index (χ2n) is 4.16. The van der Waals surface area contributed by atoms with Gasteiger partial charge in [-0.1, -0.05) is 68.7 Å². The summed E-state index contributed by atoms with van der Waals surface area (Å²) in [6.07, 6.45) is 7.00. The normalized spacial score (nSPS) is 10.8. The van der Waals surface area contributed by atoms with Gasteiger partial charge in [0.2, 0.25) is 0 Å². The van der Waals surface area contributed by atoms with E-state index in [0.29, 0.717) is 0 Å². The molecule has 0 aromatic heterocycles. The molecule has 2 radical (unpaired) electrons. The van der Waals surface area contributed by atoms with Crippen molar-refractivity contribution >= 4 is 10.8 Å². The standard InChI is InChI=1S/C16H18/c1-2-3-4-5-8-14-11-12-15-9-6-7-10-16(15)13-14/h6-13H,1-5H2. The summed E-state index contributed by atoms with van der Waals surface area (Å²) in [5, 5.41) is 2.64. The SMILES string of the molecule is [CH2]CCCC[CH]c1ccc2ccccc2c1. The Morgan fingerprint density at radius 2 is 1.75 bits per heavy atom. The second-order valence-corrected chi connectivity index (χ2v) is 4.16. The minimum atomic E-state index is 1.05. The lowest BCUT2D eigenvalue weighted by atomic mass is 10.0. The molecule has 16 heavy (non-hydrogen) atoms. The maximum Gasteiger partial charge on any atom is -0.00929 e. The van der Waals surface area contributed by atoms with Crippen LogP contribution in [0.15, 0.2) is 42.5 Å². The topological polar surface area (TPSA) is 0 Å². The van der Waals surface area contributed by atoms with Crippen LogP contribution in [0.4, 0.5) is 0 Å². The summed E-state index contributed by atoms with van der Waals surface area (Å²) >= 11 is 0. The third kappa shape index (κ3) is 2.85. The lowest BCUT2D eigenvalue weighted by Gasteiger charge is -2.03. The van der Waals surface area contributed by atoms with Gasteiger partial charge >= 0.3 is 0 Å². The molecule has 2 rings (SSSR count). The van der Waals surface area contributed by atoms with Gasteiger partial charge in [-0.05, 0) is 29.2 Å². The molecule has 0 aliphatic heterocycles. The predicted molar refractivity (Wildman–Crippen MR) is 71.2 cm³/mol. The minimum Gasteiger partial charge on any atom is -0.0616 e. The highest BCUT2D eigenvalue weighted by atomic mass is 14.0. The first-order chi connectivity index (χ1) is 7.90. The summed E-state index contributed by atoms with van der Waals surface area (Å²) in [4.78, 5) is 0. The first-order valence-corrected chi connectivity index (χ1v) is 6.01. The molecular formula is C16H18. The number of hydrogen-bond donors (Lipinski definition) is 0. The van der Waals surface area contributed by atoms with Gasteiger partial charge in [0.15, 0.2) is 0 Å². The minimum absolute atomic E-state index is 1.05. The summed E-state index contributed by atoms with van der Waals surface area (Å²) in [6.45, 7) is 3.86. The van der Waals surface area contributed by atoms with Crippen molar-refractivity contribution < 1.29 is 0 Å². The fourth-order valence-corrected chi connectivity index (χ4v) is 1.92. The first kappa shape index (κ1) is 11.2. The fraction of sp³-hybridized carbons (Fsp3) is 0.250. The van der Waals surface area contributed by atoms with E-state index in [1.807, 2.05) is 0 Å². The molecule has 2 aromatic carbocycles. The van der Waals surface area contributed by atoms with Crippen molar-refractivity contribution in [3.63, 3.8) is 0 Å². The number of benzene rings is 2. The van der Waals surface area contributed by atoms with Crippen LogP contribution >= 0.6 is 0 Å². The average Bonchev–Trinajstić information content (AvgIpc) is 2.34. The quantitative estimate of drug-likeness (QED) is 0.623. The Labute approximate surface area is 98.3 Å². The largest absolute Gasteiger partial charge is 0.0616 e. The van der Waals surface area contributed by atoms with Crippen molar-refractivity contribution in [1.29, 1.82) is 0 Å². The summed E-state index contributed by atoms with van der Waals surface area (Å²) in [5.74, 6) is 0. The number of fused-ring (bicyclic) bond motifs is 1. The van der Waals surface area contributed by atoms with Crippen molar-refractivity contribution in [1.82, 2.24) is 0 Å². The van der Waals surface area contributed by atoms with Crippen molar-refractivity contribution in [2.24, 2.45) is 0 Å². The molecular weight excluding hydrogens is 192 g/mol. The van der Waals surface area contributed by atoms with Crippen LogP contribution in [0.1, 0.15) is 31.2 Å². The van der Waals surface area contributed by atoms with Gasteiger partial charge in [0.1, 0.15) is 0 Å². The Bertz CT molecular complexity index is 442. The molecule has 0 aliphatic rings. The third-order valence-corrected chi connectivity index (χ3v) is 2.86. The van der Waals surface area contributed by atoms with E-state index in [0.717, 1.165) is 12.8 Å². The summed E-state index contributed by atoms with van der Waals surface area (Å²) in [7, 11) is 0. The van der Waals surface area contributed by atoms with Gasteiger partial charge in [0, 0.05) is 0 Å². The van der Waals surface area contributed by atoms with E-state index in [4.69, 9.17) is 0 Å². The Hall–Kier alpha value is -1.30. The molecule has 0 nitrogen and oxygen atoms in total. The summed E-state index contributed by atoms with van der Waals surface area (Å²) in [6, 6.07) is 15.2. The van der Waals surface area contributed by atoms with Gasteiger partial charge in [-0.2, -0.15) is 0 Å². The molecule has 0 N–H and O–H groups in total. The van der Waals surface area contributed by atoms with Crippen molar-refractivity contribution in [3.05, 3.63) is 61.4 Å². The van der Waals surface area contributed by atoms with Crippen LogP contribution in [0.5, 0.6) is 0 Å². The Morgan fingerprint density at radius 3 is 2.56 bits per heavy atom. The fourth-order valence-electron chi connectivity index (χ4n) is 1.92. The zero-order valence-corrected chi connectivity index (χ0v) is 9.65. The van der Waals surface area contributed by atoms with E-state index >= 15 is 0 Å². The summed E-state index contributed by atoms with van der Waals surface area (Å²) in [5.41, 5.74) is 1.34. The molecule has 0 fully saturated rings. The van der Waals surface area contributed by atoms with Gasteiger partial charge in [0.05, 0.1) is 0 Å². The van der Waals surface area contributed by atoms with Gasteiger partial charge in [0.25, 0.3) is 0 Å². The Morgan fingerprint density at radius 1 is 0.938 bits per heavy atom. The van der Waals surface area contributed by atoms with E-state index in [2.05, 4.69) is 55.8 Å². The van der Waals surface area contributed by atoms with Crippen LogP contribution in [-0.4, -0.2) is 0 Å². The number of rotatable bonds is 5. The molecule has 0 aliphatic carbocycles. The third-order valence-electron chi connectivity index (χ3n) is 2.86. The lowest BCUT2D eigenvalue weighted by molar-refractivity contribution is 0.743. The second kappa shape index (κ2) is 5.69. The van der Waals surface area contributed by atoms with E-state index in [-0.39, 0.29) is 0 Å². The highest BCUT2D eigenvalue weighted by Crippen LogP contribution is 2.18. The van der Waals surface area contributed by atoms with Crippen molar-refractivity contribution in [3.8, 4) is 0 Å². The average molecular weight is 210 g/mol. The molecule has 0 saturated heterocycles. The Balaban J connectivity index is 2.02. The van der Waals surface area contributed by atoms with Gasteiger partial charge < -0.3 is 0 Å². The first-order valence-electron chi connectivity index (χ1n) is 6.01. The maximum atomic E-state index is 3.86. The van der Waals surface area contributed by atoms with Crippen LogP contribution in [0.2, 0.25) is 0 Å². The van der Waals surface area contributed by atoms with Crippen molar-refractivity contribution in [2.75, 3.05) is 0 Å². The van der Waals surface area contributed by atoms with Crippen LogP contribution < -0.4 is 0 Å². The van der Waals surface area contributed by atoms with Gasteiger partial charge in [-0.25, -0.2) is 0 Å². The molecule has 2 aromatic rings. The molecule has 82 valence electrons. The molecule has 0 unspecified atom stereocenters. The molecule has 0 amide bonds. The number of unbranched alkanes of at least 4 members (excludes halogenated alkanes) is 3. The lowest BCUT2D eigenvalue weighted by Crippen LogP contribution is -1.83. The van der Waals surface area contributed by atoms with E-state index < -0.39 is 0 Å². The monoisotopic (exact) mass is 210 g/mol. The highest BCUT2D eigenvalue weighted by molar-refractivity contribution is 5.83. The molecule has 0 heteroatoms. The van der Waals surface area contributed by atoms with Crippen molar-refractivity contribution in [2.45, 2.75) is 25.7 Å². The van der Waals surface area contributed by atoms with Gasteiger partial charge in [-0.3, -0.25) is 0 Å². The van der Waals surface area contributed by atoms with Crippen LogP contribution in [-0.2, 0) is 0 Å². The maximum absolute atomic E-state index is 3.86. The number of hydrogen-bond acceptors (Lipinski definition) is 0. The van der Waals surface area contributed by atoms with Gasteiger partial charge in [-0.15, -0.1) is 0 Å². The molecule has 0 bridgehead atoms. The zero-order chi connectivity index (χ0) is 11.2.